The molecule has 0 aliphatic rings. The summed E-state index contributed by atoms with van der Waals surface area (Å²) in [6.45, 7) is 0. The molecule has 2 rings (SSSR count). The van der Waals surface area contributed by atoms with Gasteiger partial charge in [0.05, 0.1) is 7.11 Å². The van der Waals surface area contributed by atoms with Crippen LogP contribution in [0.25, 0.3) is 11.4 Å². The van der Waals surface area contributed by atoms with E-state index in [2.05, 4.69) is 41.8 Å². The van der Waals surface area contributed by atoms with E-state index in [4.69, 9.17) is 4.74 Å². The Labute approximate surface area is 110 Å². The molecule has 2 aromatic rings. The number of halogens is 2. The van der Waals surface area contributed by atoms with Gasteiger partial charge in [-0.2, -0.15) is 0 Å². The number of benzene rings is 1. The Hall–Kier alpha value is -0.940. The topological polar surface area (TPSA) is 35.0 Å². The van der Waals surface area contributed by atoms with Crippen LogP contribution < -0.4 is 4.74 Å². The van der Waals surface area contributed by atoms with Crippen LogP contribution >= 0.6 is 31.9 Å². The van der Waals surface area contributed by atoms with E-state index < -0.39 is 0 Å². The monoisotopic (exact) mass is 342 g/mol. The van der Waals surface area contributed by atoms with Crippen LogP contribution in [0.4, 0.5) is 0 Å². The Kier molecular flexibility index (Phi) is 3.56. The van der Waals surface area contributed by atoms with Crippen molar-refractivity contribution >= 4 is 31.9 Å². The van der Waals surface area contributed by atoms with Gasteiger partial charge in [-0.05, 0) is 31.9 Å². The quantitative estimate of drug-likeness (QED) is 0.780. The third kappa shape index (κ3) is 2.25. The summed E-state index contributed by atoms with van der Waals surface area (Å²) in [4.78, 5) is 8.65. The van der Waals surface area contributed by atoms with E-state index >= 15 is 0 Å². The largest absolute Gasteiger partial charge is 0.491 e. The van der Waals surface area contributed by atoms with Gasteiger partial charge in [-0.1, -0.05) is 30.3 Å². The van der Waals surface area contributed by atoms with Crippen LogP contribution in [-0.4, -0.2) is 17.1 Å². The molecule has 0 spiro atoms. The van der Waals surface area contributed by atoms with Crippen molar-refractivity contribution in [2.24, 2.45) is 0 Å². The fourth-order valence-electron chi connectivity index (χ4n) is 1.28. The molecule has 5 heteroatoms. The number of hydrogen-bond acceptors (Lipinski definition) is 3. The number of nitrogens with zero attached hydrogens (tertiary/aromatic N) is 2. The first-order valence-corrected chi connectivity index (χ1v) is 6.13. The highest BCUT2D eigenvalue weighted by Crippen LogP contribution is 2.32. The summed E-state index contributed by atoms with van der Waals surface area (Å²) in [5, 5.41) is 0. The molecule has 0 atom stereocenters. The highest BCUT2D eigenvalue weighted by atomic mass is 79.9. The predicted molar refractivity (Wildman–Crippen MR) is 69.4 cm³/mol. The molecule has 0 unspecified atom stereocenters. The molecule has 0 fully saturated rings. The lowest BCUT2D eigenvalue weighted by atomic mass is 10.2. The second kappa shape index (κ2) is 4.93. The smallest absolute Gasteiger partial charge is 0.184 e. The van der Waals surface area contributed by atoms with Crippen LogP contribution in [0.2, 0.25) is 0 Å². The van der Waals surface area contributed by atoms with Gasteiger partial charge in [0.2, 0.25) is 0 Å². The molecule has 1 aromatic carbocycles. The molecule has 82 valence electrons. The normalized spacial score (nSPS) is 10.2. The predicted octanol–water partition coefficient (Wildman–Crippen LogP) is 3.68. The second-order valence-electron chi connectivity index (χ2n) is 3.03. The molecule has 0 aliphatic heterocycles. The van der Waals surface area contributed by atoms with Gasteiger partial charge < -0.3 is 4.74 Å². The lowest BCUT2D eigenvalue weighted by Crippen LogP contribution is -1.95. The van der Waals surface area contributed by atoms with E-state index in [0.29, 0.717) is 20.8 Å². The van der Waals surface area contributed by atoms with Gasteiger partial charge in [-0.25, -0.2) is 9.97 Å². The highest BCUT2D eigenvalue weighted by molar-refractivity contribution is 9.11. The summed E-state index contributed by atoms with van der Waals surface area (Å²) in [6, 6.07) is 9.77. The first-order chi connectivity index (χ1) is 7.72. The van der Waals surface area contributed by atoms with Crippen LogP contribution in [0.1, 0.15) is 0 Å². The molecule has 0 saturated heterocycles. The SMILES string of the molecule is COc1c(Br)nc(-c2ccccc2)nc1Br. The number of aromatic nitrogens is 2. The summed E-state index contributed by atoms with van der Waals surface area (Å²) in [5.41, 5.74) is 0.964. The van der Waals surface area contributed by atoms with Gasteiger partial charge in [0.15, 0.2) is 20.8 Å². The Bertz CT molecular complexity index is 480. The number of methoxy groups -OCH3 is 1. The summed E-state index contributed by atoms with van der Waals surface area (Å²) < 4.78 is 6.42. The zero-order valence-electron chi connectivity index (χ0n) is 8.45. The molecule has 1 heterocycles. The van der Waals surface area contributed by atoms with E-state index in [0.717, 1.165) is 5.56 Å². The fourth-order valence-corrected chi connectivity index (χ4v) is 2.58. The van der Waals surface area contributed by atoms with E-state index in [1.165, 1.54) is 0 Å². The second-order valence-corrected chi connectivity index (χ2v) is 4.53. The summed E-state index contributed by atoms with van der Waals surface area (Å²) in [5.74, 6) is 1.25. The first-order valence-electron chi connectivity index (χ1n) is 4.55. The van der Waals surface area contributed by atoms with Crippen molar-refractivity contribution in [2.75, 3.05) is 7.11 Å². The van der Waals surface area contributed by atoms with Crippen molar-refractivity contribution in [3.05, 3.63) is 39.5 Å². The molecule has 1 aromatic heterocycles. The fraction of sp³-hybridized carbons (Fsp3) is 0.0909. The van der Waals surface area contributed by atoms with Crippen molar-refractivity contribution < 1.29 is 4.74 Å². The van der Waals surface area contributed by atoms with Gasteiger partial charge >= 0.3 is 0 Å². The molecule has 0 bridgehead atoms. The maximum absolute atomic E-state index is 5.15. The zero-order valence-corrected chi connectivity index (χ0v) is 11.6. The Morgan fingerprint density at radius 2 is 1.56 bits per heavy atom. The maximum atomic E-state index is 5.15. The standard InChI is InChI=1S/C11H8Br2N2O/c1-16-8-9(12)14-11(15-10(8)13)7-5-3-2-4-6-7/h2-6H,1H3. The molecular formula is C11H8Br2N2O. The average molecular weight is 344 g/mol. The summed E-state index contributed by atoms with van der Waals surface area (Å²) >= 11 is 6.70. The van der Waals surface area contributed by atoms with E-state index in [1.54, 1.807) is 7.11 Å². The number of hydrogen-bond donors (Lipinski definition) is 0. The van der Waals surface area contributed by atoms with Gasteiger partial charge in [0, 0.05) is 5.56 Å². The first kappa shape index (κ1) is 11.5. The maximum Gasteiger partial charge on any atom is 0.184 e. The molecule has 3 nitrogen and oxygen atoms in total. The van der Waals surface area contributed by atoms with Crippen LogP contribution in [-0.2, 0) is 0 Å². The molecule has 0 radical (unpaired) electrons. The van der Waals surface area contributed by atoms with Crippen LogP contribution in [0, 0.1) is 0 Å². The van der Waals surface area contributed by atoms with E-state index in [1.807, 2.05) is 30.3 Å². The van der Waals surface area contributed by atoms with Crippen LogP contribution in [0.5, 0.6) is 5.75 Å². The minimum absolute atomic E-state index is 0.597. The minimum Gasteiger partial charge on any atom is -0.491 e. The number of rotatable bonds is 2. The van der Waals surface area contributed by atoms with E-state index in [-0.39, 0.29) is 0 Å². The van der Waals surface area contributed by atoms with Gasteiger partial charge in [0.1, 0.15) is 0 Å². The lowest BCUT2D eigenvalue weighted by Gasteiger charge is -2.07. The van der Waals surface area contributed by atoms with Crippen molar-refractivity contribution in [3.63, 3.8) is 0 Å². The summed E-state index contributed by atoms with van der Waals surface area (Å²) in [6.07, 6.45) is 0. The third-order valence-corrected chi connectivity index (χ3v) is 3.09. The molecule has 16 heavy (non-hydrogen) atoms. The molecule has 0 saturated carbocycles. The third-order valence-electron chi connectivity index (χ3n) is 2.02. The van der Waals surface area contributed by atoms with Gasteiger partial charge in [-0.3, -0.25) is 0 Å². The van der Waals surface area contributed by atoms with Crippen LogP contribution in [0.3, 0.4) is 0 Å². The Morgan fingerprint density at radius 1 is 1.00 bits per heavy atom. The van der Waals surface area contributed by atoms with Gasteiger partial charge in [-0.15, -0.1) is 0 Å². The molecule has 0 aliphatic carbocycles. The van der Waals surface area contributed by atoms with Crippen molar-refractivity contribution in [1.29, 1.82) is 0 Å². The average Bonchev–Trinajstić information content (AvgIpc) is 2.30. The Balaban J connectivity index is 2.53. The van der Waals surface area contributed by atoms with Crippen molar-refractivity contribution in [1.82, 2.24) is 9.97 Å². The zero-order chi connectivity index (χ0) is 11.5. The molecular weight excluding hydrogens is 336 g/mol. The highest BCUT2D eigenvalue weighted by Gasteiger charge is 2.11. The van der Waals surface area contributed by atoms with Crippen molar-refractivity contribution in [2.45, 2.75) is 0 Å². The van der Waals surface area contributed by atoms with E-state index in [9.17, 15) is 0 Å². The Morgan fingerprint density at radius 3 is 2.06 bits per heavy atom. The summed E-state index contributed by atoms with van der Waals surface area (Å²) in [7, 11) is 1.58. The van der Waals surface area contributed by atoms with Crippen molar-refractivity contribution in [3.8, 4) is 17.1 Å². The van der Waals surface area contributed by atoms with Gasteiger partial charge in [0.25, 0.3) is 0 Å². The van der Waals surface area contributed by atoms with Crippen LogP contribution in [0.15, 0.2) is 39.5 Å². The molecule has 0 N–H and O–H groups in total. The number of ether oxygens (including phenoxy) is 1. The minimum atomic E-state index is 0.597. The lowest BCUT2D eigenvalue weighted by molar-refractivity contribution is 0.404. The molecule has 0 amide bonds.